The second-order valence-corrected chi connectivity index (χ2v) is 5.76. The van der Waals surface area contributed by atoms with Crippen LogP contribution in [-0.2, 0) is 14.3 Å². The first kappa shape index (κ1) is 16.9. The lowest BCUT2D eigenvalue weighted by Gasteiger charge is -2.36. The van der Waals surface area contributed by atoms with Crippen molar-refractivity contribution < 1.29 is 14.3 Å². The van der Waals surface area contributed by atoms with Crippen LogP contribution in [-0.4, -0.2) is 49.6 Å². The van der Waals surface area contributed by atoms with Crippen molar-refractivity contribution in [2.45, 2.75) is 46.7 Å². The van der Waals surface area contributed by atoms with E-state index in [1.54, 1.807) is 0 Å². The highest BCUT2D eigenvalue weighted by Gasteiger charge is 2.28. The first-order valence-corrected chi connectivity index (χ1v) is 6.14. The Labute approximate surface area is 110 Å². The van der Waals surface area contributed by atoms with Crippen LogP contribution in [0.3, 0.4) is 0 Å². The number of amides is 1. The van der Waals surface area contributed by atoms with Crippen LogP contribution in [0.5, 0.6) is 0 Å². The summed E-state index contributed by atoms with van der Waals surface area (Å²) in [5.41, 5.74) is 0.103. The van der Waals surface area contributed by atoms with E-state index in [2.05, 4.69) is 37.9 Å². The maximum Gasteiger partial charge on any atom is 0.329 e. The molecule has 2 atom stereocenters. The lowest BCUT2D eigenvalue weighted by Crippen LogP contribution is -2.51. The Morgan fingerprint density at radius 1 is 1.33 bits per heavy atom. The van der Waals surface area contributed by atoms with E-state index in [4.69, 9.17) is 4.74 Å². The fourth-order valence-corrected chi connectivity index (χ4v) is 1.67. The minimum atomic E-state index is -0.623. The number of nitrogens with one attached hydrogen (secondary N) is 1. The molecular formula is C13H26N2O3. The van der Waals surface area contributed by atoms with Gasteiger partial charge in [0, 0.05) is 19.5 Å². The van der Waals surface area contributed by atoms with Crippen LogP contribution in [0.1, 0.15) is 34.6 Å². The zero-order valence-electron chi connectivity index (χ0n) is 12.5. The number of hydrogen-bond donors (Lipinski definition) is 1. The number of esters is 1. The van der Waals surface area contributed by atoms with E-state index in [1.807, 2.05) is 7.05 Å². The van der Waals surface area contributed by atoms with Crippen LogP contribution in [0, 0.1) is 5.41 Å². The maximum absolute atomic E-state index is 11.6. The Kier molecular flexibility index (Phi) is 6.32. The van der Waals surface area contributed by atoms with Crippen LogP contribution in [0.15, 0.2) is 0 Å². The Hall–Kier alpha value is -1.10. The number of methoxy groups -OCH3 is 1. The molecule has 106 valence electrons. The lowest BCUT2D eigenvalue weighted by atomic mass is 9.87. The molecule has 18 heavy (non-hydrogen) atoms. The van der Waals surface area contributed by atoms with Crippen molar-refractivity contribution in [1.82, 2.24) is 10.2 Å². The summed E-state index contributed by atoms with van der Waals surface area (Å²) in [5, 5.41) is 2.61. The average molecular weight is 258 g/mol. The van der Waals surface area contributed by atoms with Crippen molar-refractivity contribution in [3.63, 3.8) is 0 Å². The molecule has 1 N–H and O–H groups in total. The molecule has 5 nitrogen and oxygen atoms in total. The molecule has 0 fully saturated rings. The molecular weight excluding hydrogens is 232 g/mol. The molecule has 0 aromatic rings. The van der Waals surface area contributed by atoms with Gasteiger partial charge in [0.15, 0.2) is 0 Å². The summed E-state index contributed by atoms with van der Waals surface area (Å²) in [5.74, 6) is -0.652. The fraction of sp³-hybridized carbons (Fsp3) is 0.846. The SMILES string of the molecule is COC(=O)C(CN(C)C(C)C(C)(C)C)NC(C)=O. The monoisotopic (exact) mass is 258 g/mol. The first-order valence-electron chi connectivity index (χ1n) is 6.14. The molecule has 0 aliphatic heterocycles. The predicted molar refractivity (Wildman–Crippen MR) is 71.2 cm³/mol. The molecule has 2 unspecified atom stereocenters. The van der Waals surface area contributed by atoms with E-state index in [9.17, 15) is 9.59 Å². The van der Waals surface area contributed by atoms with Gasteiger partial charge < -0.3 is 15.0 Å². The molecule has 0 radical (unpaired) electrons. The quantitative estimate of drug-likeness (QED) is 0.748. The Morgan fingerprint density at radius 2 is 1.83 bits per heavy atom. The highest BCUT2D eigenvalue weighted by molar-refractivity contribution is 5.83. The van der Waals surface area contributed by atoms with Crippen molar-refractivity contribution in [2.24, 2.45) is 5.41 Å². The second-order valence-electron chi connectivity index (χ2n) is 5.76. The van der Waals surface area contributed by atoms with Crippen LogP contribution in [0.2, 0.25) is 0 Å². The van der Waals surface area contributed by atoms with Crippen molar-refractivity contribution in [3.05, 3.63) is 0 Å². The van der Waals surface area contributed by atoms with Gasteiger partial charge in [0.25, 0.3) is 0 Å². The summed E-state index contributed by atoms with van der Waals surface area (Å²) in [4.78, 5) is 24.7. The number of carbonyl (C=O) groups is 2. The minimum absolute atomic E-state index is 0.103. The number of likely N-dealkylation sites (N-methyl/N-ethyl adjacent to an activating group) is 1. The van der Waals surface area contributed by atoms with E-state index < -0.39 is 12.0 Å². The third-order valence-corrected chi connectivity index (χ3v) is 3.25. The lowest BCUT2D eigenvalue weighted by molar-refractivity contribution is -0.145. The second kappa shape index (κ2) is 6.73. The molecule has 0 aromatic carbocycles. The number of nitrogens with zero attached hydrogens (tertiary/aromatic N) is 1. The van der Waals surface area contributed by atoms with Gasteiger partial charge in [0.1, 0.15) is 6.04 Å². The van der Waals surface area contributed by atoms with Gasteiger partial charge in [-0.2, -0.15) is 0 Å². The third kappa shape index (κ3) is 5.49. The summed E-state index contributed by atoms with van der Waals surface area (Å²) in [7, 11) is 3.26. The van der Waals surface area contributed by atoms with Crippen molar-refractivity contribution in [3.8, 4) is 0 Å². The van der Waals surface area contributed by atoms with Crippen LogP contribution < -0.4 is 5.32 Å². The van der Waals surface area contributed by atoms with Crippen molar-refractivity contribution in [1.29, 1.82) is 0 Å². The number of hydrogen-bond acceptors (Lipinski definition) is 4. The Morgan fingerprint density at radius 3 is 2.17 bits per heavy atom. The normalized spacial score (nSPS) is 15.1. The zero-order valence-corrected chi connectivity index (χ0v) is 12.5. The smallest absolute Gasteiger partial charge is 0.329 e. The molecule has 0 saturated carbocycles. The van der Waals surface area contributed by atoms with E-state index >= 15 is 0 Å². The average Bonchev–Trinajstić information content (AvgIpc) is 2.23. The van der Waals surface area contributed by atoms with Gasteiger partial charge in [-0.3, -0.25) is 4.79 Å². The molecule has 0 spiro atoms. The molecule has 0 rings (SSSR count). The maximum atomic E-state index is 11.6. The molecule has 0 heterocycles. The fourth-order valence-electron chi connectivity index (χ4n) is 1.67. The first-order chi connectivity index (χ1) is 8.09. The highest BCUT2D eigenvalue weighted by atomic mass is 16.5. The summed E-state index contributed by atoms with van der Waals surface area (Å²) >= 11 is 0. The Balaban J connectivity index is 4.67. The molecule has 0 aliphatic rings. The van der Waals surface area contributed by atoms with Crippen LogP contribution in [0.4, 0.5) is 0 Å². The summed E-state index contributed by atoms with van der Waals surface area (Å²) in [6.45, 7) is 10.3. The summed E-state index contributed by atoms with van der Waals surface area (Å²) in [6, 6.07) is -0.347. The van der Waals surface area contributed by atoms with Gasteiger partial charge in [0.2, 0.25) is 5.91 Å². The van der Waals surface area contributed by atoms with Gasteiger partial charge in [-0.25, -0.2) is 4.79 Å². The largest absolute Gasteiger partial charge is 0.467 e. The van der Waals surface area contributed by atoms with Gasteiger partial charge in [-0.05, 0) is 19.4 Å². The molecule has 0 aliphatic carbocycles. The zero-order chi connectivity index (χ0) is 14.5. The predicted octanol–water partition coefficient (Wildman–Crippen LogP) is 1.03. The number of rotatable bonds is 5. The molecule has 0 bridgehead atoms. The highest BCUT2D eigenvalue weighted by Crippen LogP contribution is 2.22. The van der Waals surface area contributed by atoms with Crippen molar-refractivity contribution in [2.75, 3.05) is 20.7 Å². The molecule has 5 heteroatoms. The minimum Gasteiger partial charge on any atom is -0.467 e. The van der Waals surface area contributed by atoms with E-state index in [1.165, 1.54) is 14.0 Å². The summed E-state index contributed by atoms with van der Waals surface area (Å²) < 4.78 is 4.70. The number of carbonyl (C=O) groups excluding carboxylic acids is 2. The number of ether oxygens (including phenoxy) is 1. The van der Waals surface area contributed by atoms with Gasteiger partial charge in [-0.1, -0.05) is 20.8 Å². The Bertz CT molecular complexity index is 297. The van der Waals surface area contributed by atoms with Gasteiger partial charge in [-0.15, -0.1) is 0 Å². The standard InChI is InChI=1S/C13H26N2O3/c1-9(13(3,4)5)15(6)8-11(12(17)18-7)14-10(2)16/h9,11H,8H2,1-7H3,(H,14,16). The topological polar surface area (TPSA) is 58.6 Å². The summed E-state index contributed by atoms with van der Waals surface area (Å²) in [6.07, 6.45) is 0. The van der Waals surface area contributed by atoms with Crippen molar-refractivity contribution >= 4 is 11.9 Å². The van der Waals surface area contributed by atoms with Crippen LogP contribution in [0.25, 0.3) is 0 Å². The van der Waals surface area contributed by atoms with E-state index in [0.29, 0.717) is 6.54 Å². The third-order valence-electron chi connectivity index (χ3n) is 3.25. The molecule has 0 aromatic heterocycles. The molecule has 0 saturated heterocycles. The van der Waals surface area contributed by atoms with Gasteiger partial charge >= 0.3 is 5.97 Å². The van der Waals surface area contributed by atoms with E-state index in [-0.39, 0.29) is 17.4 Å². The van der Waals surface area contributed by atoms with Crippen LogP contribution >= 0.6 is 0 Å². The van der Waals surface area contributed by atoms with E-state index in [0.717, 1.165) is 0 Å². The van der Waals surface area contributed by atoms with Gasteiger partial charge in [0.05, 0.1) is 7.11 Å². The molecule has 1 amide bonds.